The van der Waals surface area contributed by atoms with Crippen LogP contribution in [0.5, 0.6) is 0 Å². The summed E-state index contributed by atoms with van der Waals surface area (Å²) >= 11 is 0. The van der Waals surface area contributed by atoms with Gasteiger partial charge in [0, 0.05) is 31.5 Å². The highest BCUT2D eigenvalue weighted by atomic mass is 16.5. The lowest BCUT2D eigenvalue weighted by Gasteiger charge is -2.24. The number of ether oxygens (including phenoxy) is 1. The molecule has 0 spiro atoms. The maximum Gasteiger partial charge on any atom is 0.411 e. The van der Waals surface area contributed by atoms with Crippen LogP contribution in [0.4, 0.5) is 10.5 Å². The molecule has 1 amide bonds. The van der Waals surface area contributed by atoms with Gasteiger partial charge in [0.1, 0.15) is 5.69 Å². The molecule has 1 N–H and O–H groups in total. The number of benzene rings is 2. The summed E-state index contributed by atoms with van der Waals surface area (Å²) < 4.78 is 6.89. The molecule has 0 aliphatic rings. The Kier molecular flexibility index (Phi) is 7.37. The number of nitrogens with zero attached hydrogens (tertiary/aromatic N) is 4. The van der Waals surface area contributed by atoms with E-state index < -0.39 is 6.09 Å². The summed E-state index contributed by atoms with van der Waals surface area (Å²) in [5.41, 5.74) is 2.52. The quantitative estimate of drug-likeness (QED) is 0.583. The summed E-state index contributed by atoms with van der Waals surface area (Å²) in [7, 11) is 1.56. The molecule has 1 unspecified atom stereocenters. The monoisotopic (exact) mass is 432 g/mol. The Morgan fingerprint density at radius 1 is 1.25 bits per heavy atom. The molecule has 0 aliphatic carbocycles. The summed E-state index contributed by atoms with van der Waals surface area (Å²) in [6, 6.07) is 17.5. The Morgan fingerprint density at radius 2 is 2.03 bits per heavy atom. The molecule has 164 valence electrons. The van der Waals surface area contributed by atoms with E-state index in [1.54, 1.807) is 60.5 Å². The number of anilines is 1. The van der Waals surface area contributed by atoms with Crippen molar-refractivity contribution in [3.05, 3.63) is 87.8 Å². The van der Waals surface area contributed by atoms with E-state index >= 15 is 0 Å². The van der Waals surface area contributed by atoms with Crippen molar-refractivity contribution in [2.75, 3.05) is 18.6 Å². The van der Waals surface area contributed by atoms with Gasteiger partial charge >= 0.3 is 6.09 Å². The van der Waals surface area contributed by atoms with Crippen molar-refractivity contribution in [3.8, 4) is 11.8 Å². The first kappa shape index (κ1) is 22.7. The minimum Gasteiger partial charge on any atom is -0.465 e. The lowest BCUT2D eigenvalue weighted by atomic mass is 10.1. The molecule has 0 aliphatic heterocycles. The molecular formula is C24H24N4O4. The topological polar surface area (TPSA) is 108 Å². The van der Waals surface area contributed by atoms with Crippen LogP contribution >= 0.6 is 0 Å². The van der Waals surface area contributed by atoms with E-state index in [4.69, 9.17) is 10.00 Å². The predicted molar refractivity (Wildman–Crippen MR) is 120 cm³/mol. The Morgan fingerprint density at radius 3 is 2.72 bits per heavy atom. The first-order valence-corrected chi connectivity index (χ1v) is 10.2. The number of nitriles is 1. The van der Waals surface area contributed by atoms with Gasteiger partial charge in [-0.1, -0.05) is 25.1 Å². The van der Waals surface area contributed by atoms with Gasteiger partial charge in [0.15, 0.2) is 0 Å². The van der Waals surface area contributed by atoms with Gasteiger partial charge in [0.05, 0.1) is 30.0 Å². The molecule has 0 radical (unpaired) electrons. The van der Waals surface area contributed by atoms with E-state index in [0.717, 1.165) is 5.56 Å². The Bertz CT molecular complexity index is 1190. The highest BCUT2D eigenvalue weighted by Gasteiger charge is 2.19. The van der Waals surface area contributed by atoms with Gasteiger partial charge in [0.2, 0.25) is 5.43 Å². The predicted octanol–water partition coefficient (Wildman–Crippen LogP) is 3.60. The van der Waals surface area contributed by atoms with E-state index in [0.29, 0.717) is 29.1 Å². The van der Waals surface area contributed by atoms with Crippen LogP contribution in [-0.2, 0) is 11.2 Å². The molecule has 0 fully saturated rings. The molecule has 8 nitrogen and oxygen atoms in total. The van der Waals surface area contributed by atoms with Gasteiger partial charge in [-0.2, -0.15) is 10.4 Å². The first-order valence-electron chi connectivity index (χ1n) is 10.2. The maximum atomic E-state index is 12.4. The van der Waals surface area contributed by atoms with Crippen LogP contribution in [0.25, 0.3) is 5.69 Å². The summed E-state index contributed by atoms with van der Waals surface area (Å²) in [4.78, 5) is 25.5. The first-order chi connectivity index (χ1) is 15.4. The van der Waals surface area contributed by atoms with Crippen LogP contribution in [0.1, 0.15) is 30.2 Å². The highest BCUT2D eigenvalue weighted by Crippen LogP contribution is 2.19. The highest BCUT2D eigenvalue weighted by molar-refractivity contribution is 5.86. The number of amides is 1. The van der Waals surface area contributed by atoms with Crippen LogP contribution in [0.15, 0.2) is 65.6 Å². The number of hydrogen-bond donors (Lipinski definition) is 1. The summed E-state index contributed by atoms with van der Waals surface area (Å²) in [5.74, 6) is 0. The standard InChI is InChI=1S/C24H24N4O4/c1-3-21(32-2)16-27(24(30)31)19-8-4-6-17(12-19)14-22-23(29)10-11-28(26-22)20-9-5-7-18(13-20)15-25/h4-13,21H,3,14,16H2,1-2H3,(H,30,31). The molecule has 0 bridgehead atoms. The number of methoxy groups -OCH3 is 1. The number of hydrogen-bond acceptors (Lipinski definition) is 5. The Balaban J connectivity index is 1.90. The SMILES string of the molecule is CCC(CN(C(=O)O)c1cccc(Cc2nn(-c3cccc(C#N)c3)ccc2=O)c1)OC. The smallest absolute Gasteiger partial charge is 0.411 e. The van der Waals surface area contributed by atoms with Crippen LogP contribution in [-0.4, -0.2) is 40.7 Å². The minimum atomic E-state index is -1.07. The van der Waals surface area contributed by atoms with Gasteiger partial charge in [0.25, 0.3) is 0 Å². The van der Waals surface area contributed by atoms with Crippen molar-refractivity contribution in [2.45, 2.75) is 25.9 Å². The lowest BCUT2D eigenvalue weighted by Crippen LogP contribution is -2.37. The normalized spacial score (nSPS) is 11.5. The largest absolute Gasteiger partial charge is 0.465 e. The molecule has 0 saturated carbocycles. The molecule has 1 atom stereocenters. The van der Waals surface area contributed by atoms with Gasteiger partial charge in [-0.15, -0.1) is 0 Å². The second-order valence-electron chi connectivity index (χ2n) is 7.24. The zero-order valence-electron chi connectivity index (χ0n) is 17.9. The number of carbonyl (C=O) groups is 1. The number of aromatic nitrogens is 2. The third-order valence-electron chi connectivity index (χ3n) is 5.12. The Hall–Kier alpha value is -3.96. The van der Waals surface area contributed by atoms with Gasteiger partial charge in [-0.3, -0.25) is 9.69 Å². The van der Waals surface area contributed by atoms with Crippen molar-refractivity contribution in [1.82, 2.24) is 9.78 Å². The van der Waals surface area contributed by atoms with Crippen molar-refractivity contribution in [3.63, 3.8) is 0 Å². The Labute approximate surface area is 185 Å². The van der Waals surface area contributed by atoms with E-state index in [9.17, 15) is 14.7 Å². The van der Waals surface area contributed by atoms with E-state index in [2.05, 4.69) is 11.2 Å². The average molecular weight is 432 g/mol. The molecule has 1 aromatic heterocycles. The van der Waals surface area contributed by atoms with Crippen molar-refractivity contribution in [2.24, 2.45) is 0 Å². The van der Waals surface area contributed by atoms with E-state index in [-0.39, 0.29) is 24.5 Å². The van der Waals surface area contributed by atoms with Gasteiger partial charge < -0.3 is 9.84 Å². The summed E-state index contributed by atoms with van der Waals surface area (Å²) in [6.45, 7) is 2.14. The molecule has 0 saturated heterocycles. The third-order valence-corrected chi connectivity index (χ3v) is 5.12. The fraction of sp³-hybridized carbons (Fsp3) is 0.250. The number of carboxylic acid groups (broad SMARTS) is 1. The summed E-state index contributed by atoms with van der Waals surface area (Å²) in [5, 5.41) is 23.2. The van der Waals surface area contributed by atoms with Crippen molar-refractivity contribution < 1.29 is 14.6 Å². The van der Waals surface area contributed by atoms with Crippen molar-refractivity contribution in [1.29, 1.82) is 5.26 Å². The van der Waals surface area contributed by atoms with Crippen LogP contribution < -0.4 is 10.3 Å². The zero-order valence-corrected chi connectivity index (χ0v) is 17.9. The third kappa shape index (κ3) is 5.39. The van der Waals surface area contributed by atoms with Crippen LogP contribution in [0.2, 0.25) is 0 Å². The molecule has 32 heavy (non-hydrogen) atoms. The molecule has 3 aromatic rings. The second-order valence-corrected chi connectivity index (χ2v) is 7.24. The number of rotatable bonds is 8. The van der Waals surface area contributed by atoms with Crippen LogP contribution in [0, 0.1) is 11.3 Å². The summed E-state index contributed by atoms with van der Waals surface area (Å²) in [6.07, 6.45) is 1.18. The minimum absolute atomic E-state index is 0.206. The van der Waals surface area contributed by atoms with Gasteiger partial charge in [-0.25, -0.2) is 9.48 Å². The molecular weight excluding hydrogens is 408 g/mol. The van der Waals surface area contributed by atoms with Crippen molar-refractivity contribution >= 4 is 11.8 Å². The lowest BCUT2D eigenvalue weighted by molar-refractivity contribution is 0.103. The molecule has 8 heteroatoms. The molecule has 3 rings (SSSR count). The average Bonchev–Trinajstić information content (AvgIpc) is 2.81. The van der Waals surface area contributed by atoms with E-state index in [1.165, 1.54) is 11.0 Å². The zero-order chi connectivity index (χ0) is 23.1. The molecule has 2 aromatic carbocycles. The fourth-order valence-corrected chi connectivity index (χ4v) is 3.33. The van der Waals surface area contributed by atoms with Gasteiger partial charge in [-0.05, 0) is 42.3 Å². The second kappa shape index (κ2) is 10.4. The maximum absolute atomic E-state index is 12.4. The molecule has 1 heterocycles. The van der Waals surface area contributed by atoms with Crippen LogP contribution in [0.3, 0.4) is 0 Å². The van der Waals surface area contributed by atoms with E-state index in [1.807, 2.05) is 13.0 Å². The fourth-order valence-electron chi connectivity index (χ4n) is 3.33.